The zero-order valence-corrected chi connectivity index (χ0v) is 17.2. The first-order chi connectivity index (χ1) is 12.0. The predicted molar refractivity (Wildman–Crippen MR) is 103 cm³/mol. The van der Waals surface area contributed by atoms with Gasteiger partial charge in [0.05, 0.1) is 37.3 Å². The van der Waals surface area contributed by atoms with Gasteiger partial charge in [0.25, 0.3) is 0 Å². The van der Waals surface area contributed by atoms with Gasteiger partial charge < -0.3 is 26.6 Å². The van der Waals surface area contributed by atoms with E-state index in [9.17, 15) is 19.8 Å². The number of nitrogens with one attached hydrogen (secondary N) is 2. The summed E-state index contributed by atoms with van der Waals surface area (Å²) in [6.07, 6.45) is 0.214. The molecule has 5 atom stereocenters. The number of hydrogen-bond acceptors (Lipinski definition) is 5. The number of aliphatic hydroxyl groups excluding tert-OH is 2. The third-order valence-corrected chi connectivity index (χ3v) is 4.81. The highest BCUT2D eigenvalue weighted by atomic mass is 16.3. The summed E-state index contributed by atoms with van der Waals surface area (Å²) in [4.78, 5) is 24.5. The Hall–Kier alpha value is -1.18. The summed E-state index contributed by atoms with van der Waals surface area (Å²) in [7, 11) is 0. The van der Waals surface area contributed by atoms with E-state index < -0.39 is 18.2 Å². The molecular formula is C19H39N3O4. The Morgan fingerprint density at radius 2 is 1.62 bits per heavy atom. The second-order valence-electron chi connectivity index (χ2n) is 8.03. The lowest BCUT2D eigenvalue weighted by Gasteiger charge is -2.28. The second kappa shape index (κ2) is 12.3. The van der Waals surface area contributed by atoms with E-state index in [-0.39, 0.29) is 48.6 Å². The highest BCUT2D eigenvalue weighted by molar-refractivity contribution is 5.82. The molecule has 0 saturated heterocycles. The molecule has 0 aromatic carbocycles. The molecule has 0 aliphatic carbocycles. The second-order valence-corrected chi connectivity index (χ2v) is 8.03. The van der Waals surface area contributed by atoms with Gasteiger partial charge in [0.2, 0.25) is 11.8 Å². The Morgan fingerprint density at radius 3 is 2.04 bits per heavy atom. The maximum Gasteiger partial charge on any atom is 0.237 e. The van der Waals surface area contributed by atoms with E-state index in [0.717, 1.165) is 6.42 Å². The van der Waals surface area contributed by atoms with Crippen molar-refractivity contribution in [2.45, 2.75) is 85.0 Å². The van der Waals surface area contributed by atoms with E-state index in [1.807, 2.05) is 41.5 Å². The van der Waals surface area contributed by atoms with Crippen LogP contribution in [0.2, 0.25) is 0 Å². The number of nitrogens with two attached hydrogens (primary N) is 1. The number of carbonyl (C=O) groups excluding carboxylic acids is 2. The largest absolute Gasteiger partial charge is 0.394 e. The van der Waals surface area contributed by atoms with Crippen molar-refractivity contribution in [3.63, 3.8) is 0 Å². The maximum atomic E-state index is 12.2. The van der Waals surface area contributed by atoms with Crippen LogP contribution in [0.15, 0.2) is 0 Å². The standard InChI is InChI=1S/C19H39N3O4/c1-7-13(6)15(10-23)21-17(25)9-16(24)14(8-11(2)3)22-19(26)18(20)12(4)5/h11-16,18,23-24H,7-10,20H2,1-6H3,(H,21,25)(H,22,26)/t13-,14-,15+,16-,18-/m0/s1. The van der Waals surface area contributed by atoms with Crippen LogP contribution < -0.4 is 16.4 Å². The molecule has 2 amide bonds. The van der Waals surface area contributed by atoms with Gasteiger partial charge in [-0.15, -0.1) is 0 Å². The van der Waals surface area contributed by atoms with Crippen LogP contribution in [0.25, 0.3) is 0 Å². The van der Waals surface area contributed by atoms with Crippen LogP contribution in [-0.4, -0.2) is 52.9 Å². The van der Waals surface area contributed by atoms with Crippen molar-refractivity contribution in [1.29, 1.82) is 0 Å². The summed E-state index contributed by atoms with van der Waals surface area (Å²) in [5.41, 5.74) is 5.87. The first-order valence-corrected chi connectivity index (χ1v) is 9.67. The van der Waals surface area contributed by atoms with Crippen LogP contribution >= 0.6 is 0 Å². The average molecular weight is 374 g/mol. The normalized spacial score (nSPS) is 17.5. The van der Waals surface area contributed by atoms with Crippen molar-refractivity contribution in [3.8, 4) is 0 Å². The first kappa shape index (κ1) is 24.8. The van der Waals surface area contributed by atoms with Crippen LogP contribution in [0.5, 0.6) is 0 Å². The molecule has 7 heteroatoms. The molecule has 6 N–H and O–H groups in total. The topological polar surface area (TPSA) is 125 Å². The van der Waals surface area contributed by atoms with E-state index >= 15 is 0 Å². The monoisotopic (exact) mass is 373 g/mol. The molecule has 0 aliphatic heterocycles. The number of amides is 2. The summed E-state index contributed by atoms with van der Waals surface area (Å²) >= 11 is 0. The van der Waals surface area contributed by atoms with Crippen LogP contribution in [0, 0.1) is 17.8 Å². The lowest BCUT2D eigenvalue weighted by atomic mass is 9.95. The van der Waals surface area contributed by atoms with E-state index in [1.54, 1.807) is 0 Å². The molecule has 26 heavy (non-hydrogen) atoms. The molecule has 0 fully saturated rings. The minimum atomic E-state index is -1.02. The minimum Gasteiger partial charge on any atom is -0.394 e. The predicted octanol–water partition coefficient (Wildman–Crippen LogP) is 0.775. The van der Waals surface area contributed by atoms with Crippen molar-refractivity contribution in [2.24, 2.45) is 23.5 Å². The molecule has 0 bridgehead atoms. The summed E-state index contributed by atoms with van der Waals surface area (Å²) in [5, 5.41) is 25.5. The SMILES string of the molecule is CC[C@H](C)[C@@H](CO)NC(=O)C[C@H](O)[C@H](CC(C)C)NC(=O)[C@@H](N)C(C)C. The Morgan fingerprint density at radius 1 is 1.04 bits per heavy atom. The molecular weight excluding hydrogens is 334 g/mol. The molecule has 0 aromatic rings. The molecule has 0 radical (unpaired) electrons. The van der Waals surface area contributed by atoms with Gasteiger partial charge in [-0.05, 0) is 24.2 Å². The van der Waals surface area contributed by atoms with Gasteiger partial charge in [-0.25, -0.2) is 0 Å². The summed E-state index contributed by atoms with van der Waals surface area (Å²) in [5.74, 6) is -0.308. The van der Waals surface area contributed by atoms with E-state index in [1.165, 1.54) is 0 Å². The van der Waals surface area contributed by atoms with Gasteiger partial charge in [-0.3, -0.25) is 9.59 Å². The van der Waals surface area contributed by atoms with E-state index in [4.69, 9.17) is 5.73 Å². The van der Waals surface area contributed by atoms with Gasteiger partial charge >= 0.3 is 0 Å². The van der Waals surface area contributed by atoms with Gasteiger partial charge in [-0.2, -0.15) is 0 Å². The fourth-order valence-corrected chi connectivity index (χ4v) is 2.65. The lowest BCUT2D eigenvalue weighted by molar-refractivity contribution is -0.128. The lowest BCUT2D eigenvalue weighted by Crippen LogP contribution is -2.53. The molecule has 0 spiro atoms. The third-order valence-electron chi connectivity index (χ3n) is 4.81. The highest BCUT2D eigenvalue weighted by Gasteiger charge is 2.28. The molecule has 0 aromatic heterocycles. The van der Waals surface area contributed by atoms with E-state index in [0.29, 0.717) is 6.42 Å². The fraction of sp³-hybridized carbons (Fsp3) is 0.895. The smallest absolute Gasteiger partial charge is 0.237 e. The molecule has 0 rings (SSSR count). The van der Waals surface area contributed by atoms with Crippen LogP contribution in [-0.2, 0) is 9.59 Å². The molecule has 0 unspecified atom stereocenters. The zero-order valence-electron chi connectivity index (χ0n) is 17.2. The van der Waals surface area contributed by atoms with E-state index in [2.05, 4.69) is 10.6 Å². The molecule has 0 heterocycles. The van der Waals surface area contributed by atoms with Crippen molar-refractivity contribution >= 4 is 11.8 Å². The number of aliphatic hydroxyl groups is 2. The maximum absolute atomic E-state index is 12.2. The molecule has 0 aliphatic rings. The van der Waals surface area contributed by atoms with Crippen LogP contribution in [0.1, 0.15) is 60.8 Å². The van der Waals surface area contributed by atoms with Gasteiger partial charge in [-0.1, -0.05) is 48.0 Å². The van der Waals surface area contributed by atoms with Crippen molar-refractivity contribution in [2.75, 3.05) is 6.61 Å². The van der Waals surface area contributed by atoms with Crippen molar-refractivity contribution < 1.29 is 19.8 Å². The number of hydrogen-bond donors (Lipinski definition) is 5. The Kier molecular flexibility index (Phi) is 11.7. The summed E-state index contributed by atoms with van der Waals surface area (Å²) in [6, 6.07) is -1.55. The van der Waals surface area contributed by atoms with Gasteiger partial charge in [0, 0.05) is 0 Å². The van der Waals surface area contributed by atoms with Crippen molar-refractivity contribution in [1.82, 2.24) is 10.6 Å². The van der Waals surface area contributed by atoms with Crippen LogP contribution in [0.4, 0.5) is 0 Å². The summed E-state index contributed by atoms with van der Waals surface area (Å²) < 4.78 is 0. The quantitative estimate of drug-likeness (QED) is 0.346. The third kappa shape index (κ3) is 8.96. The molecule has 0 saturated carbocycles. The highest BCUT2D eigenvalue weighted by Crippen LogP contribution is 2.13. The first-order valence-electron chi connectivity index (χ1n) is 9.67. The Labute approximate surface area is 158 Å². The molecule has 154 valence electrons. The fourth-order valence-electron chi connectivity index (χ4n) is 2.65. The Bertz CT molecular complexity index is 429. The number of carbonyl (C=O) groups is 2. The Balaban J connectivity index is 4.89. The molecule has 7 nitrogen and oxygen atoms in total. The van der Waals surface area contributed by atoms with Gasteiger partial charge in [0.1, 0.15) is 0 Å². The summed E-state index contributed by atoms with van der Waals surface area (Å²) in [6.45, 7) is 11.5. The average Bonchev–Trinajstić information content (AvgIpc) is 2.56. The van der Waals surface area contributed by atoms with Gasteiger partial charge in [0.15, 0.2) is 0 Å². The van der Waals surface area contributed by atoms with Crippen LogP contribution in [0.3, 0.4) is 0 Å². The van der Waals surface area contributed by atoms with Crippen molar-refractivity contribution in [3.05, 3.63) is 0 Å². The zero-order chi connectivity index (χ0) is 20.4. The number of rotatable bonds is 12. The minimum absolute atomic E-state index is 0.0176.